The number of hydrogen-bond acceptors (Lipinski definition) is 2. The normalized spacial score (nSPS) is 14.3. The van der Waals surface area contributed by atoms with Crippen molar-refractivity contribution in [2.75, 3.05) is 0 Å². The maximum Gasteiger partial charge on any atom is 0.387 e. The van der Waals surface area contributed by atoms with Crippen LogP contribution in [0.25, 0.3) is 33.0 Å². The highest BCUT2D eigenvalue weighted by Gasteiger charge is 2.15. The summed E-state index contributed by atoms with van der Waals surface area (Å²) in [4.78, 5) is 0. The van der Waals surface area contributed by atoms with Gasteiger partial charge in [-0.1, -0.05) is 85.3 Å². The Balaban J connectivity index is 0.000000168. The van der Waals surface area contributed by atoms with Gasteiger partial charge in [0.2, 0.25) is 0 Å². The van der Waals surface area contributed by atoms with E-state index in [9.17, 15) is 17.6 Å². The maximum absolute atomic E-state index is 12.1. The lowest BCUT2D eigenvalue weighted by atomic mass is 9.83. The molecule has 0 heterocycles. The SMILES string of the molecule is CC1CCc2cc(-c3ccc(OC(F)F)cc3)ccc2C1.Cc1ccc2cc(-c3ccc(OC(F)F)cc3)ccc2c1. The summed E-state index contributed by atoms with van der Waals surface area (Å²) >= 11 is 0. The van der Waals surface area contributed by atoms with E-state index in [1.807, 2.05) is 18.2 Å². The van der Waals surface area contributed by atoms with Gasteiger partial charge in [0.05, 0.1) is 0 Å². The van der Waals surface area contributed by atoms with Crippen LogP contribution in [0.2, 0.25) is 0 Å². The Labute approximate surface area is 243 Å². The molecule has 0 fully saturated rings. The number of ether oxygens (including phenoxy) is 2. The standard InChI is InChI=1S/C18H18F2O.C18H14F2O/c2*1-12-2-3-16-11-15(5-4-14(16)10-12)13-6-8-17(9-7-13)21-18(19)20/h4-9,11-12,18H,2-3,10H2,1H3;2-11,18H,1H3. The van der Waals surface area contributed by atoms with Gasteiger partial charge in [0.25, 0.3) is 0 Å². The van der Waals surface area contributed by atoms with Crippen molar-refractivity contribution < 1.29 is 27.0 Å². The van der Waals surface area contributed by atoms with Gasteiger partial charge in [-0.15, -0.1) is 0 Å². The summed E-state index contributed by atoms with van der Waals surface area (Å²) in [6.45, 7) is -1.21. The van der Waals surface area contributed by atoms with E-state index in [1.54, 1.807) is 36.4 Å². The molecule has 6 heteroatoms. The molecule has 42 heavy (non-hydrogen) atoms. The van der Waals surface area contributed by atoms with Crippen LogP contribution >= 0.6 is 0 Å². The van der Waals surface area contributed by atoms with Gasteiger partial charge < -0.3 is 9.47 Å². The van der Waals surface area contributed by atoms with Gasteiger partial charge >= 0.3 is 13.2 Å². The van der Waals surface area contributed by atoms with E-state index in [-0.39, 0.29) is 11.5 Å². The zero-order valence-corrected chi connectivity index (χ0v) is 23.5. The fourth-order valence-corrected chi connectivity index (χ4v) is 5.32. The Kier molecular flexibility index (Phi) is 9.11. The first-order valence-electron chi connectivity index (χ1n) is 14.0. The zero-order chi connectivity index (χ0) is 29.6. The largest absolute Gasteiger partial charge is 0.435 e. The summed E-state index contributed by atoms with van der Waals surface area (Å²) in [5, 5.41) is 2.35. The third-order valence-electron chi connectivity index (χ3n) is 7.50. The molecule has 0 aliphatic heterocycles. The van der Waals surface area contributed by atoms with E-state index in [0.717, 1.165) is 46.4 Å². The lowest BCUT2D eigenvalue weighted by molar-refractivity contribution is -0.0505. The first-order valence-corrected chi connectivity index (χ1v) is 14.0. The van der Waals surface area contributed by atoms with Crippen molar-refractivity contribution in [3.05, 3.63) is 120 Å². The molecule has 0 amide bonds. The molecular weight excluding hydrogens is 540 g/mol. The van der Waals surface area contributed by atoms with Gasteiger partial charge in [0, 0.05) is 0 Å². The molecule has 0 N–H and O–H groups in total. The minimum Gasteiger partial charge on any atom is -0.435 e. The Morgan fingerprint density at radius 3 is 1.67 bits per heavy atom. The summed E-state index contributed by atoms with van der Waals surface area (Å²) < 4.78 is 57.3. The van der Waals surface area contributed by atoms with Crippen LogP contribution in [-0.4, -0.2) is 13.2 Å². The molecule has 5 aromatic rings. The van der Waals surface area contributed by atoms with Crippen LogP contribution in [0.15, 0.2) is 103 Å². The summed E-state index contributed by atoms with van der Waals surface area (Å²) in [5.41, 5.74) is 8.26. The third kappa shape index (κ3) is 7.49. The van der Waals surface area contributed by atoms with Crippen LogP contribution in [0.5, 0.6) is 11.5 Å². The Bertz CT molecular complexity index is 1630. The maximum atomic E-state index is 12.1. The number of aryl methyl sites for hydroxylation is 2. The fraction of sp³-hybridized carbons (Fsp3) is 0.222. The minimum atomic E-state index is -2.79. The number of fused-ring (bicyclic) bond motifs is 2. The molecule has 0 spiro atoms. The van der Waals surface area contributed by atoms with Crippen molar-refractivity contribution in [1.82, 2.24) is 0 Å². The van der Waals surface area contributed by atoms with Crippen LogP contribution in [0, 0.1) is 12.8 Å². The number of benzene rings is 5. The highest BCUT2D eigenvalue weighted by atomic mass is 19.3. The molecule has 5 aromatic carbocycles. The average molecular weight is 573 g/mol. The van der Waals surface area contributed by atoms with E-state index in [4.69, 9.17) is 0 Å². The monoisotopic (exact) mass is 572 g/mol. The first-order chi connectivity index (χ1) is 20.2. The van der Waals surface area contributed by atoms with Crippen molar-refractivity contribution in [3.8, 4) is 33.8 Å². The highest BCUT2D eigenvalue weighted by molar-refractivity contribution is 5.87. The van der Waals surface area contributed by atoms with Crippen molar-refractivity contribution in [3.63, 3.8) is 0 Å². The molecular formula is C36H32F4O2. The topological polar surface area (TPSA) is 18.5 Å². The summed E-state index contributed by atoms with van der Waals surface area (Å²) in [6.07, 6.45) is 3.51. The zero-order valence-electron chi connectivity index (χ0n) is 23.5. The smallest absolute Gasteiger partial charge is 0.387 e. The highest BCUT2D eigenvalue weighted by Crippen LogP contribution is 2.31. The number of rotatable bonds is 6. The van der Waals surface area contributed by atoms with E-state index < -0.39 is 13.2 Å². The van der Waals surface area contributed by atoms with E-state index in [0.29, 0.717) is 0 Å². The van der Waals surface area contributed by atoms with E-state index in [1.165, 1.54) is 28.5 Å². The van der Waals surface area contributed by atoms with E-state index in [2.05, 4.69) is 71.9 Å². The molecule has 216 valence electrons. The summed E-state index contributed by atoms with van der Waals surface area (Å²) in [7, 11) is 0. The average Bonchev–Trinajstić information content (AvgIpc) is 2.97. The third-order valence-corrected chi connectivity index (χ3v) is 7.50. The van der Waals surface area contributed by atoms with Gasteiger partial charge in [-0.25, -0.2) is 0 Å². The molecule has 6 rings (SSSR count). The lowest BCUT2D eigenvalue weighted by Gasteiger charge is -2.22. The van der Waals surface area contributed by atoms with Gasteiger partial charge in [0.15, 0.2) is 0 Å². The molecule has 0 aromatic heterocycles. The van der Waals surface area contributed by atoms with Crippen molar-refractivity contribution in [2.45, 2.75) is 46.3 Å². The van der Waals surface area contributed by atoms with Crippen molar-refractivity contribution >= 4 is 10.8 Å². The molecule has 0 saturated carbocycles. The van der Waals surface area contributed by atoms with Crippen LogP contribution < -0.4 is 9.47 Å². The molecule has 2 nitrogen and oxygen atoms in total. The van der Waals surface area contributed by atoms with Gasteiger partial charge in [-0.2, -0.15) is 17.6 Å². The first kappa shape index (κ1) is 29.2. The Morgan fingerprint density at radius 1 is 0.571 bits per heavy atom. The molecule has 1 atom stereocenters. The quantitative estimate of drug-likeness (QED) is 0.189. The van der Waals surface area contributed by atoms with Crippen LogP contribution in [0.3, 0.4) is 0 Å². The number of alkyl halides is 4. The van der Waals surface area contributed by atoms with Crippen LogP contribution in [0.1, 0.15) is 30.0 Å². The molecule has 1 aliphatic carbocycles. The minimum absolute atomic E-state index is 0.171. The van der Waals surface area contributed by atoms with Gasteiger partial charge in [-0.05, 0) is 107 Å². The number of hydrogen-bond donors (Lipinski definition) is 0. The Morgan fingerprint density at radius 2 is 1.07 bits per heavy atom. The van der Waals surface area contributed by atoms with Gasteiger partial charge in [-0.3, -0.25) is 0 Å². The second-order valence-electron chi connectivity index (χ2n) is 10.7. The van der Waals surface area contributed by atoms with Gasteiger partial charge in [0.1, 0.15) is 11.5 Å². The summed E-state index contributed by atoms with van der Waals surface area (Å²) in [5.74, 6) is 1.12. The predicted molar refractivity (Wildman–Crippen MR) is 160 cm³/mol. The van der Waals surface area contributed by atoms with Crippen LogP contribution in [0.4, 0.5) is 17.6 Å². The van der Waals surface area contributed by atoms with Crippen molar-refractivity contribution in [2.24, 2.45) is 5.92 Å². The predicted octanol–water partition coefficient (Wildman–Crippen LogP) is 10.5. The summed E-state index contributed by atoms with van der Waals surface area (Å²) in [6, 6.07) is 32.5. The lowest BCUT2D eigenvalue weighted by Crippen LogP contribution is -2.11. The molecule has 0 bridgehead atoms. The second kappa shape index (κ2) is 13.1. The Hall–Kier alpha value is -4.32. The number of halogens is 4. The molecule has 0 radical (unpaired) electrons. The second-order valence-corrected chi connectivity index (χ2v) is 10.7. The molecule has 0 saturated heterocycles. The van der Waals surface area contributed by atoms with Crippen LogP contribution in [-0.2, 0) is 12.8 Å². The van der Waals surface area contributed by atoms with Crippen molar-refractivity contribution in [1.29, 1.82) is 0 Å². The fourth-order valence-electron chi connectivity index (χ4n) is 5.32. The molecule has 1 aliphatic rings. The van der Waals surface area contributed by atoms with E-state index >= 15 is 0 Å². The molecule has 1 unspecified atom stereocenters.